The number of nitrogens with zero attached hydrogens (tertiary/aromatic N) is 1. The molecule has 0 saturated carbocycles. The Bertz CT molecular complexity index is 1310. The molecule has 7 heteroatoms. The number of carbonyl (C=O) groups excluding carboxylic acids is 2. The maximum Gasteiger partial charge on any atom is 0.230 e. The molecule has 0 radical (unpaired) electrons. The molecule has 1 spiro atoms. The Hall–Kier alpha value is -3.58. The van der Waals surface area contributed by atoms with Crippen molar-refractivity contribution < 1.29 is 19.1 Å². The van der Waals surface area contributed by atoms with E-state index in [4.69, 9.17) is 9.47 Å². The summed E-state index contributed by atoms with van der Waals surface area (Å²) < 4.78 is 11.5. The second-order valence-corrected chi connectivity index (χ2v) is 9.72. The fourth-order valence-electron chi connectivity index (χ4n) is 5.99. The summed E-state index contributed by atoms with van der Waals surface area (Å²) >= 11 is 0. The van der Waals surface area contributed by atoms with Gasteiger partial charge in [-0.3, -0.25) is 9.59 Å². The molecule has 2 N–H and O–H groups in total. The maximum absolute atomic E-state index is 13.6. The van der Waals surface area contributed by atoms with Gasteiger partial charge in [-0.1, -0.05) is 42.5 Å². The van der Waals surface area contributed by atoms with Gasteiger partial charge >= 0.3 is 0 Å². The van der Waals surface area contributed by atoms with Crippen LogP contribution in [0.4, 0.5) is 0 Å². The molecule has 35 heavy (non-hydrogen) atoms. The van der Waals surface area contributed by atoms with Gasteiger partial charge in [0.25, 0.3) is 0 Å². The highest BCUT2D eigenvalue weighted by molar-refractivity contribution is 5.93. The van der Waals surface area contributed by atoms with E-state index in [2.05, 4.69) is 16.4 Å². The van der Waals surface area contributed by atoms with Crippen molar-refractivity contribution in [3.05, 3.63) is 78.0 Å². The molecule has 6 rings (SSSR count). The summed E-state index contributed by atoms with van der Waals surface area (Å²) in [5.74, 6) is -0.358. The number of nitrogens with one attached hydrogen (secondary N) is 2. The second-order valence-electron chi connectivity index (χ2n) is 9.72. The van der Waals surface area contributed by atoms with E-state index < -0.39 is 17.4 Å². The number of rotatable bonds is 7. The Morgan fingerprint density at radius 2 is 2.06 bits per heavy atom. The minimum atomic E-state index is -0.721. The normalized spacial score (nSPS) is 27.4. The van der Waals surface area contributed by atoms with E-state index >= 15 is 0 Å². The number of fused-ring (bicyclic) bond motifs is 2. The quantitative estimate of drug-likeness (QED) is 0.518. The molecule has 0 aliphatic carbocycles. The van der Waals surface area contributed by atoms with Gasteiger partial charge < -0.3 is 24.7 Å². The molecule has 5 atom stereocenters. The zero-order valence-electron chi connectivity index (χ0n) is 19.9. The molecule has 2 bridgehead atoms. The van der Waals surface area contributed by atoms with Crippen LogP contribution in [0.3, 0.4) is 0 Å². The lowest BCUT2D eigenvalue weighted by Crippen LogP contribution is -2.44. The number of H-pyrrole nitrogens is 1. The van der Waals surface area contributed by atoms with Crippen molar-refractivity contribution in [3.63, 3.8) is 0 Å². The largest absolute Gasteiger partial charge is 0.497 e. The van der Waals surface area contributed by atoms with Crippen molar-refractivity contribution in [1.82, 2.24) is 15.2 Å². The molecular weight excluding hydrogens is 442 g/mol. The number of para-hydroxylation sites is 1. The topological polar surface area (TPSA) is 83.7 Å². The zero-order valence-corrected chi connectivity index (χ0v) is 19.9. The Kier molecular flexibility index (Phi) is 5.18. The minimum absolute atomic E-state index is 0.0167. The van der Waals surface area contributed by atoms with Crippen LogP contribution >= 0.6 is 0 Å². The smallest absolute Gasteiger partial charge is 0.230 e. The number of methoxy groups -OCH3 is 1. The van der Waals surface area contributed by atoms with Crippen LogP contribution in [-0.2, 0) is 20.7 Å². The molecule has 180 valence electrons. The van der Waals surface area contributed by atoms with Crippen molar-refractivity contribution >= 4 is 22.7 Å². The molecule has 3 aromatic rings. The van der Waals surface area contributed by atoms with E-state index in [1.165, 1.54) is 5.39 Å². The summed E-state index contributed by atoms with van der Waals surface area (Å²) in [7, 11) is 1.63. The molecule has 3 aliphatic rings. The zero-order chi connectivity index (χ0) is 24.2. The van der Waals surface area contributed by atoms with Gasteiger partial charge in [0, 0.05) is 23.6 Å². The number of benzene rings is 2. The van der Waals surface area contributed by atoms with Crippen molar-refractivity contribution in [3.8, 4) is 5.75 Å². The highest BCUT2D eigenvalue weighted by atomic mass is 16.5. The molecule has 1 aromatic heterocycles. The fourth-order valence-corrected chi connectivity index (χ4v) is 5.99. The number of hydrogen-bond acceptors (Lipinski definition) is 4. The van der Waals surface area contributed by atoms with Gasteiger partial charge in [0.05, 0.1) is 37.6 Å². The highest BCUT2D eigenvalue weighted by Gasteiger charge is 2.67. The summed E-state index contributed by atoms with van der Waals surface area (Å²) in [5, 5.41) is 4.25. The van der Waals surface area contributed by atoms with E-state index in [9.17, 15) is 9.59 Å². The maximum atomic E-state index is 13.6. The van der Waals surface area contributed by atoms with Crippen molar-refractivity contribution in [2.45, 2.75) is 31.1 Å². The molecule has 0 unspecified atom stereocenters. The minimum Gasteiger partial charge on any atom is -0.497 e. The standard InChI is InChI=1S/C28H29N3O4/c1-17(18-7-9-20(34-2)10-8-18)31-16-28-13-11-23(35-28)24(25(28)27(31)33)26(32)29-14-12-19-15-30-22-6-4-3-5-21(19)22/h3-11,13,15,17,23-25,30H,12,14,16H2,1-2H3,(H,29,32)/t17-,23-,24-,25-,28+/m0/s1. The first-order valence-electron chi connectivity index (χ1n) is 12.1. The fraction of sp³-hybridized carbons (Fsp3) is 0.357. The van der Waals surface area contributed by atoms with Crippen LogP contribution in [0.1, 0.15) is 24.1 Å². The van der Waals surface area contributed by atoms with Crippen molar-refractivity contribution in [2.24, 2.45) is 11.8 Å². The van der Waals surface area contributed by atoms with Crippen LogP contribution in [0.25, 0.3) is 10.9 Å². The van der Waals surface area contributed by atoms with Crippen LogP contribution in [0.5, 0.6) is 5.75 Å². The lowest BCUT2D eigenvalue weighted by Gasteiger charge is -2.28. The number of aromatic amines is 1. The molecule has 2 amide bonds. The lowest BCUT2D eigenvalue weighted by atomic mass is 9.77. The van der Waals surface area contributed by atoms with Gasteiger partial charge in [-0.2, -0.15) is 0 Å². The first-order valence-corrected chi connectivity index (χ1v) is 12.1. The van der Waals surface area contributed by atoms with Crippen LogP contribution < -0.4 is 10.1 Å². The Morgan fingerprint density at radius 3 is 2.86 bits per heavy atom. The van der Waals surface area contributed by atoms with E-state index in [1.54, 1.807) is 7.11 Å². The Morgan fingerprint density at radius 1 is 1.26 bits per heavy atom. The molecule has 2 aromatic carbocycles. The van der Waals surface area contributed by atoms with Crippen molar-refractivity contribution in [1.29, 1.82) is 0 Å². The predicted molar refractivity (Wildman–Crippen MR) is 132 cm³/mol. The van der Waals surface area contributed by atoms with Gasteiger partial charge in [-0.15, -0.1) is 0 Å². The molecule has 2 saturated heterocycles. The number of hydrogen-bond donors (Lipinski definition) is 2. The van der Waals surface area contributed by atoms with Crippen LogP contribution in [0.15, 0.2) is 66.9 Å². The van der Waals surface area contributed by atoms with Gasteiger partial charge in [0.1, 0.15) is 11.4 Å². The summed E-state index contributed by atoms with van der Waals surface area (Å²) in [6.07, 6.45) is 6.31. The number of likely N-dealkylation sites (tertiary alicyclic amines) is 1. The number of carbonyl (C=O) groups is 2. The molecule has 3 aliphatic heterocycles. The van der Waals surface area contributed by atoms with Gasteiger partial charge in [-0.05, 0) is 42.7 Å². The third-order valence-electron chi connectivity index (χ3n) is 7.87. The van der Waals surface area contributed by atoms with Gasteiger partial charge in [-0.25, -0.2) is 0 Å². The SMILES string of the molecule is COc1ccc([C@H](C)N2C[C@@]34C=C[C@H](O3)[C@H](C(=O)NCCc3c[nH]c5ccccc35)[C@H]4C2=O)cc1. The van der Waals surface area contributed by atoms with E-state index in [1.807, 2.05) is 72.6 Å². The summed E-state index contributed by atoms with van der Waals surface area (Å²) in [6, 6.07) is 15.8. The Balaban J connectivity index is 1.16. The van der Waals surface area contributed by atoms with Crippen LogP contribution in [0, 0.1) is 11.8 Å². The Labute approximate surface area is 204 Å². The highest BCUT2D eigenvalue weighted by Crippen LogP contribution is 2.53. The summed E-state index contributed by atoms with van der Waals surface area (Å²) in [6.45, 7) is 2.98. The van der Waals surface area contributed by atoms with Crippen LogP contribution in [0.2, 0.25) is 0 Å². The van der Waals surface area contributed by atoms with Crippen molar-refractivity contribution in [2.75, 3.05) is 20.2 Å². The predicted octanol–water partition coefficient (Wildman–Crippen LogP) is 3.38. The number of amides is 2. The summed E-state index contributed by atoms with van der Waals surface area (Å²) in [4.78, 5) is 32.1. The van der Waals surface area contributed by atoms with Crippen LogP contribution in [-0.4, -0.2) is 53.6 Å². The molecule has 2 fully saturated rings. The monoisotopic (exact) mass is 471 g/mol. The lowest BCUT2D eigenvalue weighted by molar-refractivity contribution is -0.138. The van der Waals surface area contributed by atoms with E-state index in [0.29, 0.717) is 19.5 Å². The third kappa shape index (κ3) is 3.45. The van der Waals surface area contributed by atoms with Gasteiger partial charge in [0.2, 0.25) is 11.8 Å². The average Bonchev–Trinajstić information content (AvgIpc) is 3.63. The van der Waals surface area contributed by atoms with E-state index in [-0.39, 0.29) is 24.0 Å². The average molecular weight is 472 g/mol. The molecule has 4 heterocycles. The number of ether oxygens (including phenoxy) is 2. The van der Waals surface area contributed by atoms with Gasteiger partial charge in [0.15, 0.2) is 0 Å². The summed E-state index contributed by atoms with van der Waals surface area (Å²) in [5.41, 5.74) is 2.55. The molecular formula is C28H29N3O4. The first kappa shape index (κ1) is 21.9. The van der Waals surface area contributed by atoms with E-state index in [0.717, 1.165) is 22.4 Å². The molecule has 7 nitrogen and oxygen atoms in total. The number of aromatic nitrogens is 1. The first-order chi connectivity index (χ1) is 17.0. The second kappa shape index (κ2) is 8.27. The third-order valence-corrected chi connectivity index (χ3v) is 7.87.